The average Bonchev–Trinajstić information content (AvgIpc) is 3.00. The third-order valence-electron chi connectivity index (χ3n) is 6.58. The van der Waals surface area contributed by atoms with Gasteiger partial charge in [0, 0.05) is 31.8 Å². The third kappa shape index (κ3) is 9.82. The highest BCUT2D eigenvalue weighted by molar-refractivity contribution is 5.79. The Morgan fingerprint density at radius 2 is 1.46 bits per heavy atom. The normalized spacial score (nSPS) is 13.0. The number of hydrogen-bond donors (Lipinski definition) is 0. The van der Waals surface area contributed by atoms with Crippen molar-refractivity contribution < 1.29 is 48.4 Å². The number of ether oxygens (including phenoxy) is 4. The van der Waals surface area contributed by atoms with Crippen molar-refractivity contribution in [3.63, 3.8) is 0 Å². The van der Waals surface area contributed by atoms with Gasteiger partial charge in [0.25, 0.3) is 10.2 Å². The lowest BCUT2D eigenvalue weighted by Crippen LogP contribution is -2.52. The molecule has 3 atom stereocenters. The fourth-order valence-corrected chi connectivity index (χ4v) is 4.73. The summed E-state index contributed by atoms with van der Waals surface area (Å²) < 4.78 is 23.1. The fourth-order valence-electron chi connectivity index (χ4n) is 4.73. The van der Waals surface area contributed by atoms with Gasteiger partial charge in [-0.25, -0.2) is 14.8 Å². The first-order valence-corrected chi connectivity index (χ1v) is 14.1. The molecule has 0 saturated carbocycles. The van der Waals surface area contributed by atoms with Crippen molar-refractivity contribution in [1.82, 2.24) is 9.97 Å². The molecule has 0 spiro atoms. The molecular weight excluding hydrogens is 608 g/mol. The molecule has 1 aromatic heterocycles. The van der Waals surface area contributed by atoms with Crippen LogP contribution in [0.4, 0.5) is 0 Å². The number of carbonyl (C=O) groups is 2. The van der Waals surface area contributed by atoms with E-state index in [0.717, 1.165) is 0 Å². The highest BCUT2D eigenvalue weighted by Crippen LogP contribution is 2.39. The maximum atomic E-state index is 14.0. The minimum Gasteiger partial charge on any atom is -0.444 e. The first-order valence-electron chi connectivity index (χ1n) is 14.1. The van der Waals surface area contributed by atoms with Crippen molar-refractivity contribution in [3.8, 4) is 6.01 Å². The summed E-state index contributed by atoms with van der Waals surface area (Å²) in [4.78, 5) is 64.7. The summed E-state index contributed by atoms with van der Waals surface area (Å²) >= 11 is 0. The Balaban J connectivity index is 1.83. The number of hydrogen-bond acceptors (Lipinski definition) is 14. The van der Waals surface area contributed by atoms with Crippen LogP contribution in [0.25, 0.3) is 0 Å². The van der Waals surface area contributed by atoms with Gasteiger partial charge in [-0.15, -0.1) is 20.2 Å². The zero-order valence-electron chi connectivity index (χ0n) is 25.6. The summed E-state index contributed by atoms with van der Waals surface area (Å²) in [6.45, 7) is 4.11. The number of nitrogens with zero attached hydrogens (tertiary/aromatic N) is 4. The highest BCUT2D eigenvalue weighted by atomic mass is 17.0. The smallest absolute Gasteiger partial charge is 0.354 e. The van der Waals surface area contributed by atoms with Crippen LogP contribution < -0.4 is 4.74 Å². The number of methoxy groups -OCH3 is 1. The third-order valence-corrected chi connectivity index (χ3v) is 6.58. The Labute approximate surface area is 263 Å². The summed E-state index contributed by atoms with van der Waals surface area (Å²) in [7, 11) is 1.42. The largest absolute Gasteiger partial charge is 0.444 e. The van der Waals surface area contributed by atoms with Gasteiger partial charge >= 0.3 is 17.9 Å². The summed E-state index contributed by atoms with van der Waals surface area (Å²) in [5, 5.41) is 18.9. The topological polar surface area (TPSA) is 202 Å². The molecular formula is C30H34N4O12. The number of carbonyl (C=O) groups excluding carboxylic acids is 2. The van der Waals surface area contributed by atoms with Gasteiger partial charge in [-0.05, 0) is 43.9 Å². The molecule has 0 fully saturated rings. The molecule has 0 amide bonds. The Bertz CT molecular complexity index is 1420. The second kappa shape index (κ2) is 16.6. The van der Waals surface area contributed by atoms with E-state index < -0.39 is 52.8 Å². The zero-order chi connectivity index (χ0) is 33.7. The number of aromatic nitrogens is 2. The molecule has 0 radical (unpaired) electrons. The maximum Gasteiger partial charge on any atom is 0.354 e. The molecule has 0 saturated heterocycles. The number of rotatable bonds is 18. The van der Waals surface area contributed by atoms with E-state index in [2.05, 4.69) is 19.6 Å². The lowest BCUT2D eigenvalue weighted by atomic mass is 9.81. The number of aryl methyl sites for hydroxylation is 2. The van der Waals surface area contributed by atoms with Gasteiger partial charge in [-0.1, -0.05) is 60.7 Å². The zero-order valence-corrected chi connectivity index (χ0v) is 25.6. The van der Waals surface area contributed by atoms with Gasteiger partial charge in [0.1, 0.15) is 12.7 Å². The molecule has 2 aromatic carbocycles. The second-order valence-electron chi connectivity index (χ2n) is 9.96. The van der Waals surface area contributed by atoms with Crippen molar-refractivity contribution in [2.75, 3.05) is 13.7 Å². The molecule has 3 aromatic rings. The standard InChI is InChI=1S/C30H34N4O12/c1-20-18-21(2)32-29(31-20)45-27(30(41-4,23-12-7-5-8-13-23)24-14-9-6-10-15-24)28(36)44-22(3)43-26(35)17-11-16-25(46-34(39)40)19-42-33(37)38/h5-10,12-15,18,22,25,27H,11,16-17,19H2,1-4H3/t22?,25?,27-/m1/s1. The summed E-state index contributed by atoms with van der Waals surface area (Å²) in [6.07, 6.45) is -4.66. The highest BCUT2D eigenvalue weighted by Gasteiger charge is 2.50. The van der Waals surface area contributed by atoms with Crippen molar-refractivity contribution in [3.05, 3.63) is 109 Å². The van der Waals surface area contributed by atoms with Gasteiger partial charge in [0.05, 0.1) is 0 Å². The van der Waals surface area contributed by atoms with Crippen molar-refractivity contribution >= 4 is 11.9 Å². The van der Waals surface area contributed by atoms with Gasteiger partial charge < -0.3 is 28.6 Å². The van der Waals surface area contributed by atoms with E-state index in [1.165, 1.54) is 14.0 Å². The molecule has 0 aliphatic carbocycles. The second-order valence-corrected chi connectivity index (χ2v) is 9.96. The van der Waals surface area contributed by atoms with E-state index in [-0.39, 0.29) is 25.3 Å². The quantitative estimate of drug-likeness (QED) is 0.0838. The molecule has 0 aliphatic heterocycles. The summed E-state index contributed by atoms with van der Waals surface area (Å²) in [5.74, 6) is -1.77. The maximum absolute atomic E-state index is 14.0. The van der Waals surface area contributed by atoms with Crippen molar-refractivity contribution in [1.29, 1.82) is 0 Å². The summed E-state index contributed by atoms with van der Waals surface area (Å²) in [5.41, 5.74) is 0.701. The van der Waals surface area contributed by atoms with E-state index in [4.69, 9.17) is 18.9 Å². The molecule has 16 heteroatoms. The molecule has 0 N–H and O–H groups in total. The van der Waals surface area contributed by atoms with E-state index in [0.29, 0.717) is 22.5 Å². The monoisotopic (exact) mass is 642 g/mol. The van der Waals surface area contributed by atoms with E-state index in [1.807, 2.05) is 0 Å². The predicted molar refractivity (Wildman–Crippen MR) is 157 cm³/mol. The van der Waals surface area contributed by atoms with Crippen LogP contribution in [0.3, 0.4) is 0 Å². The number of benzene rings is 2. The Hall–Kier alpha value is -5.38. The summed E-state index contributed by atoms with van der Waals surface area (Å²) in [6, 6.07) is 19.4. The van der Waals surface area contributed by atoms with Crippen LogP contribution >= 0.6 is 0 Å². The predicted octanol–water partition coefficient (Wildman–Crippen LogP) is 3.82. The minimum absolute atomic E-state index is 0.0103. The SMILES string of the molecule is COC(c1ccccc1)(c1ccccc1)[C@H](Oc1nc(C)cc(C)n1)C(=O)OC(C)OC(=O)CCCC(CO[N+](=O)[O-])O[N+](=O)[O-]. The molecule has 46 heavy (non-hydrogen) atoms. The molecule has 0 aliphatic rings. The molecule has 0 bridgehead atoms. The van der Waals surface area contributed by atoms with Crippen molar-refractivity contribution in [2.45, 2.75) is 64.1 Å². The van der Waals surface area contributed by atoms with Gasteiger partial charge in [0.2, 0.25) is 12.4 Å². The first kappa shape index (κ1) is 35.1. The Morgan fingerprint density at radius 1 is 0.891 bits per heavy atom. The fraction of sp³-hybridized carbons (Fsp3) is 0.400. The molecule has 16 nitrogen and oxygen atoms in total. The molecule has 1 heterocycles. The Kier molecular flexibility index (Phi) is 12.7. The van der Waals surface area contributed by atoms with Gasteiger partial charge in [0.15, 0.2) is 5.60 Å². The van der Waals surface area contributed by atoms with Crippen LogP contribution in [-0.4, -0.2) is 64.3 Å². The molecule has 246 valence electrons. The van der Waals surface area contributed by atoms with Crippen LogP contribution in [0.2, 0.25) is 0 Å². The van der Waals surface area contributed by atoms with E-state index >= 15 is 0 Å². The van der Waals surface area contributed by atoms with Crippen molar-refractivity contribution in [2.24, 2.45) is 0 Å². The molecule has 2 unspecified atom stereocenters. The number of esters is 2. The van der Waals surface area contributed by atoms with Crippen LogP contribution in [-0.2, 0) is 39.1 Å². The lowest BCUT2D eigenvalue weighted by Gasteiger charge is -2.38. The van der Waals surface area contributed by atoms with E-state index in [9.17, 15) is 29.8 Å². The van der Waals surface area contributed by atoms with Crippen LogP contribution in [0.1, 0.15) is 48.7 Å². The minimum atomic E-state index is -1.58. The van der Waals surface area contributed by atoms with E-state index in [1.54, 1.807) is 80.6 Å². The average molecular weight is 643 g/mol. The first-order chi connectivity index (χ1) is 21.9. The van der Waals surface area contributed by atoms with Crippen LogP contribution in [0.5, 0.6) is 6.01 Å². The van der Waals surface area contributed by atoms with Gasteiger partial charge in [-0.3, -0.25) is 4.79 Å². The van der Waals surface area contributed by atoms with Crippen LogP contribution in [0, 0.1) is 34.1 Å². The lowest BCUT2D eigenvalue weighted by molar-refractivity contribution is -0.790. The molecule has 3 rings (SSSR count). The Morgan fingerprint density at radius 3 is 1.96 bits per heavy atom. The van der Waals surface area contributed by atoms with Crippen LogP contribution in [0.15, 0.2) is 66.7 Å². The van der Waals surface area contributed by atoms with Gasteiger partial charge in [-0.2, -0.15) is 0 Å².